The number of halogens is 3. The van der Waals surface area contributed by atoms with Crippen molar-refractivity contribution < 1.29 is 9.53 Å². The molecule has 1 aliphatic rings. The molecule has 1 aromatic heterocycles. The summed E-state index contributed by atoms with van der Waals surface area (Å²) < 4.78 is 7.86. The number of ether oxygens (including phenoxy) is 1. The maximum absolute atomic E-state index is 13.5. The molecular formula is C28H29ClI2N2O2S. The molecule has 3 aromatic rings. The Morgan fingerprint density at radius 2 is 1.89 bits per heavy atom. The zero-order valence-corrected chi connectivity index (χ0v) is 26.6. The normalized spacial score (nSPS) is 15.7. The van der Waals surface area contributed by atoms with Gasteiger partial charge in [-0.2, -0.15) is 0 Å². The molecule has 0 bridgehead atoms. The van der Waals surface area contributed by atoms with Crippen molar-refractivity contribution >= 4 is 90.9 Å². The summed E-state index contributed by atoms with van der Waals surface area (Å²) in [5, 5.41) is 4.46. The third kappa shape index (κ3) is 6.45. The van der Waals surface area contributed by atoms with Gasteiger partial charge < -0.3 is 10.1 Å². The van der Waals surface area contributed by atoms with Gasteiger partial charge in [-0.05, 0) is 130 Å². The monoisotopic (exact) mass is 746 g/mol. The fraction of sp³-hybridized carbons (Fsp3) is 0.357. The fourth-order valence-electron chi connectivity index (χ4n) is 4.43. The van der Waals surface area contributed by atoms with Crippen molar-refractivity contribution in [1.29, 1.82) is 0 Å². The van der Waals surface area contributed by atoms with Crippen LogP contribution in [0.2, 0.25) is 5.02 Å². The molecule has 4 nitrogen and oxygen atoms in total. The molecule has 4 rings (SSSR count). The van der Waals surface area contributed by atoms with E-state index in [1.54, 1.807) is 23.5 Å². The number of aliphatic imine (C=N–C) groups is 1. The van der Waals surface area contributed by atoms with Crippen LogP contribution in [0.4, 0.5) is 10.7 Å². The van der Waals surface area contributed by atoms with Crippen LogP contribution in [0.15, 0.2) is 41.4 Å². The quantitative estimate of drug-likeness (QED) is 0.202. The first-order valence-electron chi connectivity index (χ1n) is 11.9. The van der Waals surface area contributed by atoms with Gasteiger partial charge in [0, 0.05) is 21.8 Å². The van der Waals surface area contributed by atoms with Gasteiger partial charge >= 0.3 is 0 Å². The molecule has 1 N–H and O–H groups in total. The molecule has 0 saturated heterocycles. The van der Waals surface area contributed by atoms with Gasteiger partial charge in [0.2, 0.25) is 0 Å². The van der Waals surface area contributed by atoms with Crippen LogP contribution in [-0.2, 0) is 12.8 Å². The molecular weight excluding hydrogens is 718 g/mol. The van der Waals surface area contributed by atoms with E-state index in [9.17, 15) is 4.79 Å². The van der Waals surface area contributed by atoms with Crippen LogP contribution in [-0.4, -0.2) is 18.7 Å². The number of carbonyl (C=O) groups excluding carboxylic acids is 1. The van der Waals surface area contributed by atoms with Gasteiger partial charge in [-0.1, -0.05) is 32.4 Å². The van der Waals surface area contributed by atoms with E-state index in [0.29, 0.717) is 23.1 Å². The molecule has 1 amide bonds. The minimum absolute atomic E-state index is 0.118. The van der Waals surface area contributed by atoms with Crippen LogP contribution < -0.4 is 10.1 Å². The van der Waals surface area contributed by atoms with E-state index in [1.165, 1.54) is 4.88 Å². The second kappa shape index (κ2) is 11.7. The van der Waals surface area contributed by atoms with E-state index < -0.39 is 0 Å². The second-order valence-electron chi connectivity index (χ2n) is 9.96. The van der Waals surface area contributed by atoms with Crippen molar-refractivity contribution in [2.24, 2.45) is 16.3 Å². The van der Waals surface area contributed by atoms with Gasteiger partial charge in [-0.25, -0.2) is 4.99 Å². The lowest BCUT2D eigenvalue weighted by Gasteiger charge is -2.33. The summed E-state index contributed by atoms with van der Waals surface area (Å²) in [5.41, 5.74) is 3.78. The summed E-state index contributed by atoms with van der Waals surface area (Å²) in [4.78, 5) is 19.7. The highest BCUT2D eigenvalue weighted by Gasteiger charge is 2.33. The summed E-state index contributed by atoms with van der Waals surface area (Å²) in [7, 11) is 0. The Kier molecular flexibility index (Phi) is 9.05. The summed E-state index contributed by atoms with van der Waals surface area (Å²) in [6, 6.07) is 11.3. The number of rotatable bonds is 6. The van der Waals surface area contributed by atoms with Gasteiger partial charge in [-0.3, -0.25) is 4.79 Å². The SMILES string of the molecule is CCOc1c(I)cc(C=Nc2sc3c(c2C(=O)Nc2ccc(Cl)cc2)CC[C@@H](C(C)(C)C)C3)cc1I. The number of hydrogen-bond donors (Lipinski definition) is 1. The standard InChI is InChI=1S/C28H29ClI2N2O2S/c1-5-35-25-21(30)12-16(13-22(25)31)15-32-27-24(26(34)33-19-9-7-18(29)8-10-19)20-11-6-17(28(2,3)4)14-23(20)36-27/h7-10,12-13,15,17H,5-6,11,14H2,1-4H3,(H,33,34)/t17-/m1/s1. The molecule has 0 spiro atoms. The number of benzene rings is 2. The molecule has 1 atom stereocenters. The van der Waals surface area contributed by atoms with Gasteiger partial charge in [0.15, 0.2) is 0 Å². The minimum atomic E-state index is -0.118. The lowest BCUT2D eigenvalue weighted by molar-refractivity contribution is 0.102. The van der Waals surface area contributed by atoms with E-state index in [-0.39, 0.29) is 11.3 Å². The molecule has 8 heteroatoms. The third-order valence-corrected chi connectivity index (χ3v) is 9.46. The summed E-state index contributed by atoms with van der Waals surface area (Å²) in [5.74, 6) is 1.37. The minimum Gasteiger partial charge on any atom is -0.492 e. The molecule has 190 valence electrons. The highest BCUT2D eigenvalue weighted by Crippen LogP contribution is 2.45. The predicted molar refractivity (Wildman–Crippen MR) is 169 cm³/mol. The van der Waals surface area contributed by atoms with Crippen molar-refractivity contribution in [3.63, 3.8) is 0 Å². The Morgan fingerprint density at radius 1 is 1.22 bits per heavy atom. The number of nitrogens with one attached hydrogen (secondary N) is 1. The smallest absolute Gasteiger partial charge is 0.259 e. The molecule has 0 radical (unpaired) electrons. The Hall–Kier alpha value is -1.17. The van der Waals surface area contributed by atoms with Crippen molar-refractivity contribution in [1.82, 2.24) is 0 Å². The van der Waals surface area contributed by atoms with Gasteiger partial charge in [0.1, 0.15) is 10.8 Å². The highest BCUT2D eigenvalue weighted by molar-refractivity contribution is 14.1. The molecule has 0 unspecified atom stereocenters. The van der Waals surface area contributed by atoms with Crippen LogP contribution in [0.1, 0.15) is 60.5 Å². The van der Waals surface area contributed by atoms with E-state index >= 15 is 0 Å². The van der Waals surface area contributed by atoms with Crippen LogP contribution in [0.3, 0.4) is 0 Å². The Labute approximate surface area is 249 Å². The number of amides is 1. The Bertz CT molecular complexity index is 1270. The average Bonchev–Trinajstić information content (AvgIpc) is 3.19. The van der Waals surface area contributed by atoms with Crippen molar-refractivity contribution in [3.05, 3.63) is 70.1 Å². The van der Waals surface area contributed by atoms with E-state index in [4.69, 9.17) is 21.3 Å². The summed E-state index contributed by atoms with van der Waals surface area (Å²) in [6.45, 7) is 9.53. The van der Waals surface area contributed by atoms with Gasteiger partial charge in [0.05, 0.1) is 19.3 Å². The summed E-state index contributed by atoms with van der Waals surface area (Å²) in [6.07, 6.45) is 4.81. The van der Waals surface area contributed by atoms with Crippen LogP contribution in [0.25, 0.3) is 0 Å². The molecule has 36 heavy (non-hydrogen) atoms. The summed E-state index contributed by atoms with van der Waals surface area (Å²) >= 11 is 12.3. The predicted octanol–water partition coefficient (Wildman–Crippen LogP) is 9.16. The van der Waals surface area contributed by atoms with Gasteiger partial charge in [0.25, 0.3) is 5.91 Å². The number of hydrogen-bond acceptors (Lipinski definition) is 4. The van der Waals surface area contributed by atoms with E-state index in [2.05, 4.69) is 83.4 Å². The number of nitrogens with zero attached hydrogens (tertiary/aromatic N) is 1. The topological polar surface area (TPSA) is 50.7 Å². The second-order valence-corrected chi connectivity index (χ2v) is 13.8. The number of anilines is 1. The number of fused-ring (bicyclic) bond motifs is 1. The largest absolute Gasteiger partial charge is 0.492 e. The molecule has 1 aliphatic carbocycles. The zero-order valence-electron chi connectivity index (χ0n) is 20.8. The van der Waals surface area contributed by atoms with Crippen molar-refractivity contribution in [2.75, 3.05) is 11.9 Å². The van der Waals surface area contributed by atoms with Crippen LogP contribution in [0.5, 0.6) is 5.75 Å². The van der Waals surface area contributed by atoms with Crippen LogP contribution in [0, 0.1) is 18.5 Å². The molecule has 1 heterocycles. The Morgan fingerprint density at radius 3 is 2.50 bits per heavy atom. The fourth-order valence-corrected chi connectivity index (χ4v) is 7.95. The molecule has 0 aliphatic heterocycles. The zero-order chi connectivity index (χ0) is 26.0. The lowest BCUT2D eigenvalue weighted by Crippen LogP contribution is -2.27. The molecule has 2 aromatic carbocycles. The highest BCUT2D eigenvalue weighted by atomic mass is 127. The maximum atomic E-state index is 13.5. The molecule has 0 saturated carbocycles. The van der Waals surface area contributed by atoms with E-state index in [0.717, 1.165) is 54.0 Å². The average molecular weight is 747 g/mol. The number of carbonyl (C=O) groups is 1. The molecule has 0 fully saturated rings. The van der Waals surface area contributed by atoms with Crippen molar-refractivity contribution in [3.8, 4) is 5.75 Å². The van der Waals surface area contributed by atoms with Crippen molar-refractivity contribution in [2.45, 2.75) is 47.0 Å². The maximum Gasteiger partial charge on any atom is 0.259 e. The Balaban J connectivity index is 1.70. The lowest BCUT2D eigenvalue weighted by atomic mass is 9.72. The van der Waals surface area contributed by atoms with Gasteiger partial charge in [-0.15, -0.1) is 11.3 Å². The number of thiophene rings is 1. The third-order valence-electron chi connectivity index (χ3n) is 6.44. The van der Waals surface area contributed by atoms with Crippen LogP contribution >= 0.6 is 68.1 Å². The first kappa shape index (κ1) is 27.9. The first-order valence-corrected chi connectivity index (χ1v) is 15.3. The first-order chi connectivity index (χ1) is 17.1. The van der Waals surface area contributed by atoms with E-state index in [1.807, 2.05) is 25.3 Å².